The summed E-state index contributed by atoms with van der Waals surface area (Å²) in [4.78, 5) is 23.2. The van der Waals surface area contributed by atoms with Crippen LogP contribution in [0.3, 0.4) is 0 Å². The van der Waals surface area contributed by atoms with Gasteiger partial charge in [0.15, 0.2) is 17.4 Å². The minimum atomic E-state index is -0.941. The number of hydrogen-bond donors (Lipinski definition) is 1. The van der Waals surface area contributed by atoms with Gasteiger partial charge in [-0.25, -0.2) is 8.78 Å². The molecule has 0 atom stereocenters. The van der Waals surface area contributed by atoms with Crippen molar-refractivity contribution < 1.29 is 23.1 Å². The van der Waals surface area contributed by atoms with Crippen molar-refractivity contribution in [2.24, 2.45) is 0 Å². The second kappa shape index (κ2) is 6.51. The number of benzene rings is 3. The normalized spacial score (nSPS) is 11.3. The van der Waals surface area contributed by atoms with Gasteiger partial charge < -0.3 is 9.52 Å². The maximum atomic E-state index is 14.4. The van der Waals surface area contributed by atoms with E-state index < -0.39 is 22.8 Å². The highest BCUT2D eigenvalue weighted by Crippen LogP contribution is 2.45. The zero-order valence-electron chi connectivity index (χ0n) is 15.9. The third kappa shape index (κ3) is 2.71. The molecule has 1 aliphatic carbocycles. The zero-order valence-corrected chi connectivity index (χ0v) is 15.9. The number of hydrogen-bond acceptors (Lipinski definition) is 4. The fraction of sp³-hybridized carbons (Fsp3) is 0.130. The number of phenols is 1. The summed E-state index contributed by atoms with van der Waals surface area (Å²) in [5.74, 6) is -2.18. The molecule has 2 aliphatic rings. The van der Waals surface area contributed by atoms with E-state index >= 15 is 0 Å². The Morgan fingerprint density at radius 1 is 0.966 bits per heavy atom. The summed E-state index contributed by atoms with van der Waals surface area (Å²) < 4.78 is 34.6. The van der Waals surface area contributed by atoms with Crippen LogP contribution in [0, 0.1) is 32.4 Å². The minimum Gasteiger partial charge on any atom is -0.505 e. The monoisotopic (exact) mass is 394 g/mol. The van der Waals surface area contributed by atoms with E-state index in [0.29, 0.717) is 39.5 Å². The second-order valence-corrected chi connectivity index (χ2v) is 7.07. The first-order valence-corrected chi connectivity index (χ1v) is 8.88. The van der Waals surface area contributed by atoms with Crippen LogP contribution in [0.1, 0.15) is 27.0 Å². The Balaban J connectivity index is 2.29. The third-order valence-electron chi connectivity index (χ3n) is 5.25. The maximum absolute atomic E-state index is 14.4. The van der Waals surface area contributed by atoms with E-state index in [4.69, 9.17) is 4.42 Å². The SMILES string of the molecule is Cc1cc(C=O)ccc1-c1c2cc(F)c(=O)c(C)c-2oc2c(C)c(O)c(F)cc12. The highest BCUT2D eigenvalue weighted by molar-refractivity contribution is 6.04. The molecule has 0 bridgehead atoms. The van der Waals surface area contributed by atoms with Crippen molar-refractivity contribution in [1.82, 2.24) is 0 Å². The first-order chi connectivity index (χ1) is 13.7. The van der Waals surface area contributed by atoms with Crippen LogP contribution in [0.15, 0.2) is 39.5 Å². The van der Waals surface area contributed by atoms with Gasteiger partial charge in [0.1, 0.15) is 17.6 Å². The van der Waals surface area contributed by atoms with Gasteiger partial charge in [-0.1, -0.05) is 12.1 Å². The molecule has 6 heteroatoms. The molecule has 1 heterocycles. The van der Waals surface area contributed by atoms with Crippen LogP contribution in [0.5, 0.6) is 5.75 Å². The summed E-state index contributed by atoms with van der Waals surface area (Å²) in [6, 6.07) is 7.16. The summed E-state index contributed by atoms with van der Waals surface area (Å²) in [6.45, 7) is 4.73. The molecular weight excluding hydrogens is 378 g/mol. The molecule has 0 aromatic heterocycles. The molecule has 0 unspecified atom stereocenters. The number of aldehydes is 1. The van der Waals surface area contributed by atoms with Crippen molar-refractivity contribution in [3.05, 3.63) is 74.4 Å². The van der Waals surface area contributed by atoms with Gasteiger partial charge in [-0.15, -0.1) is 0 Å². The number of rotatable bonds is 2. The maximum Gasteiger partial charge on any atom is 0.220 e. The van der Waals surface area contributed by atoms with E-state index in [9.17, 15) is 23.5 Å². The number of fused-ring (bicyclic) bond motifs is 2. The average Bonchev–Trinajstić information content (AvgIpc) is 2.70. The van der Waals surface area contributed by atoms with Gasteiger partial charge in [0, 0.05) is 33.2 Å². The fourth-order valence-electron chi connectivity index (χ4n) is 3.70. The van der Waals surface area contributed by atoms with E-state index in [2.05, 4.69) is 0 Å². The molecule has 0 saturated heterocycles. The predicted molar refractivity (Wildman–Crippen MR) is 106 cm³/mol. The topological polar surface area (TPSA) is 67.5 Å². The number of aromatic hydroxyl groups is 1. The number of halogens is 2. The lowest BCUT2D eigenvalue weighted by atomic mass is 9.88. The zero-order chi connectivity index (χ0) is 21.0. The van der Waals surface area contributed by atoms with Gasteiger partial charge in [-0.2, -0.15) is 0 Å². The first-order valence-electron chi connectivity index (χ1n) is 8.88. The van der Waals surface area contributed by atoms with Crippen molar-refractivity contribution in [1.29, 1.82) is 0 Å². The van der Waals surface area contributed by atoms with Crippen molar-refractivity contribution in [3.8, 4) is 28.2 Å². The lowest BCUT2D eigenvalue weighted by Crippen LogP contribution is -2.12. The van der Waals surface area contributed by atoms with Gasteiger partial charge in [0.2, 0.25) is 5.43 Å². The summed E-state index contributed by atoms with van der Waals surface area (Å²) in [5.41, 5.74) is 2.21. The van der Waals surface area contributed by atoms with Gasteiger partial charge in [0.25, 0.3) is 0 Å². The van der Waals surface area contributed by atoms with Gasteiger partial charge in [-0.05, 0) is 50.1 Å². The Bertz CT molecular complexity index is 1350. The van der Waals surface area contributed by atoms with Crippen LogP contribution in [0.25, 0.3) is 33.4 Å². The van der Waals surface area contributed by atoms with Crippen molar-refractivity contribution in [3.63, 3.8) is 0 Å². The van der Waals surface area contributed by atoms with Crippen molar-refractivity contribution in [2.45, 2.75) is 20.8 Å². The number of aryl methyl sites for hydroxylation is 2. The van der Waals surface area contributed by atoms with Crippen molar-refractivity contribution >= 4 is 17.3 Å². The number of phenolic OH excluding ortho intramolecular Hbond substituents is 1. The summed E-state index contributed by atoms with van der Waals surface area (Å²) in [6.07, 6.45) is 0.711. The number of carbonyl (C=O) groups is 1. The minimum absolute atomic E-state index is 0.0773. The lowest BCUT2D eigenvalue weighted by molar-refractivity contribution is 0.112. The molecule has 29 heavy (non-hydrogen) atoms. The molecule has 2 aromatic rings. The summed E-state index contributed by atoms with van der Waals surface area (Å²) >= 11 is 0. The van der Waals surface area contributed by atoms with E-state index in [1.165, 1.54) is 13.8 Å². The van der Waals surface area contributed by atoms with Crippen LogP contribution in [-0.2, 0) is 0 Å². The Morgan fingerprint density at radius 2 is 1.69 bits per heavy atom. The third-order valence-corrected chi connectivity index (χ3v) is 5.25. The standard InChI is InChI=1S/C23H16F2O4/c1-10-6-13(9-26)4-5-14(10)19-15-7-17(24)20(27)11(2)22(15)29-23-12(3)21(28)18(25)8-16(19)23/h4-9,27H,1-3H3. The van der Waals surface area contributed by atoms with Crippen molar-refractivity contribution in [2.75, 3.05) is 0 Å². The first kappa shape index (κ1) is 18.8. The van der Waals surface area contributed by atoms with Gasteiger partial charge >= 0.3 is 0 Å². The largest absolute Gasteiger partial charge is 0.505 e. The summed E-state index contributed by atoms with van der Waals surface area (Å²) in [7, 11) is 0. The Hall–Kier alpha value is -3.54. The van der Waals surface area contributed by atoms with E-state index in [1.807, 2.05) is 0 Å². The Morgan fingerprint density at radius 3 is 2.34 bits per heavy atom. The lowest BCUT2D eigenvalue weighted by Gasteiger charge is -2.19. The molecule has 0 radical (unpaired) electrons. The fourth-order valence-corrected chi connectivity index (χ4v) is 3.70. The molecule has 0 spiro atoms. The number of carbonyl (C=O) groups excluding carboxylic acids is 1. The highest BCUT2D eigenvalue weighted by atomic mass is 19.1. The quantitative estimate of drug-likeness (QED) is 0.371. The molecule has 1 aliphatic heterocycles. The van der Waals surface area contributed by atoms with Crippen LogP contribution >= 0.6 is 0 Å². The van der Waals surface area contributed by atoms with Gasteiger partial charge in [0.05, 0.1) is 0 Å². The molecular formula is C23H16F2O4. The highest BCUT2D eigenvalue weighted by Gasteiger charge is 2.25. The Kier molecular flexibility index (Phi) is 4.22. The molecule has 0 saturated carbocycles. The predicted octanol–water partition coefficient (Wildman–Crippen LogP) is 5.29. The van der Waals surface area contributed by atoms with Crippen LogP contribution in [-0.4, -0.2) is 11.4 Å². The molecule has 0 amide bonds. The molecule has 146 valence electrons. The molecule has 2 aromatic carbocycles. The molecule has 1 N–H and O–H groups in total. The molecule has 4 nitrogen and oxygen atoms in total. The average molecular weight is 394 g/mol. The van der Waals surface area contributed by atoms with Crippen LogP contribution in [0.2, 0.25) is 0 Å². The smallest absolute Gasteiger partial charge is 0.220 e. The molecule has 0 fully saturated rings. The molecule has 4 rings (SSSR count). The Labute approximate surface area is 164 Å². The van der Waals surface area contributed by atoms with E-state index in [0.717, 1.165) is 12.1 Å². The van der Waals surface area contributed by atoms with E-state index in [-0.39, 0.29) is 22.5 Å². The second-order valence-electron chi connectivity index (χ2n) is 7.07. The van der Waals surface area contributed by atoms with Gasteiger partial charge in [-0.3, -0.25) is 9.59 Å². The van der Waals surface area contributed by atoms with E-state index in [1.54, 1.807) is 25.1 Å². The van der Waals surface area contributed by atoms with Crippen LogP contribution in [0.4, 0.5) is 8.78 Å². The summed E-state index contributed by atoms with van der Waals surface area (Å²) in [5, 5.41) is 10.4. The van der Waals surface area contributed by atoms with Crippen LogP contribution < -0.4 is 5.43 Å².